The zero-order chi connectivity index (χ0) is 17.4. The normalized spacial score (nSPS) is 13.9. The van der Waals surface area contributed by atoms with E-state index in [1.54, 1.807) is 14.0 Å². The summed E-state index contributed by atoms with van der Waals surface area (Å²) in [6.45, 7) is 4.73. The van der Waals surface area contributed by atoms with Gasteiger partial charge >= 0.3 is 5.97 Å². The van der Waals surface area contributed by atoms with Crippen LogP contribution in [-0.2, 0) is 25.6 Å². The van der Waals surface area contributed by atoms with Gasteiger partial charge in [0.15, 0.2) is 0 Å². The first kappa shape index (κ1) is 18.4. The number of allylic oxidation sites excluding steroid dienone is 1. The minimum Gasteiger partial charge on any atom is -0.465 e. The van der Waals surface area contributed by atoms with Crippen LogP contribution in [-0.4, -0.2) is 31.2 Å². The lowest BCUT2D eigenvalue weighted by atomic mass is 10.1. The van der Waals surface area contributed by atoms with Crippen LogP contribution in [0.5, 0.6) is 0 Å². The Kier molecular flexibility index (Phi) is 7.21. The third-order valence-corrected chi connectivity index (χ3v) is 4.32. The molecule has 0 saturated carbocycles. The van der Waals surface area contributed by atoms with Crippen LogP contribution < -0.4 is 5.32 Å². The number of ether oxygens (including phenoxy) is 3. The van der Waals surface area contributed by atoms with Crippen molar-refractivity contribution in [3.8, 4) is 0 Å². The van der Waals surface area contributed by atoms with Crippen molar-refractivity contribution in [3.63, 3.8) is 0 Å². The van der Waals surface area contributed by atoms with Crippen molar-refractivity contribution in [2.45, 2.75) is 20.5 Å². The molecule has 130 valence electrons. The summed E-state index contributed by atoms with van der Waals surface area (Å²) in [5.74, 6) is 2.40. The molecule has 0 atom stereocenters. The van der Waals surface area contributed by atoms with Gasteiger partial charge in [-0.15, -0.1) is 11.8 Å². The van der Waals surface area contributed by atoms with Gasteiger partial charge in [0.2, 0.25) is 0 Å². The molecule has 1 aliphatic heterocycles. The zero-order valence-corrected chi connectivity index (χ0v) is 15.1. The smallest absolute Gasteiger partial charge is 0.315 e. The first-order chi connectivity index (χ1) is 11.6. The third-order valence-electron chi connectivity index (χ3n) is 3.39. The van der Waals surface area contributed by atoms with E-state index in [2.05, 4.69) is 5.32 Å². The second kappa shape index (κ2) is 9.39. The lowest BCUT2D eigenvalue weighted by molar-refractivity contribution is -0.139. The van der Waals surface area contributed by atoms with Crippen molar-refractivity contribution in [2.24, 2.45) is 0 Å². The van der Waals surface area contributed by atoms with Gasteiger partial charge in [0, 0.05) is 24.6 Å². The highest BCUT2D eigenvalue weighted by atomic mass is 32.2. The summed E-state index contributed by atoms with van der Waals surface area (Å²) in [6, 6.07) is 8.06. The predicted molar refractivity (Wildman–Crippen MR) is 96.0 cm³/mol. The van der Waals surface area contributed by atoms with Crippen LogP contribution in [0.25, 0.3) is 5.76 Å². The highest BCUT2D eigenvalue weighted by Gasteiger charge is 2.14. The molecule has 0 saturated heterocycles. The summed E-state index contributed by atoms with van der Waals surface area (Å²) in [5.41, 5.74) is 3.08. The van der Waals surface area contributed by atoms with Gasteiger partial charge in [-0.05, 0) is 19.4 Å². The monoisotopic (exact) mass is 349 g/mol. The Morgan fingerprint density at radius 1 is 1.29 bits per heavy atom. The Balaban J connectivity index is 1.88. The number of benzene rings is 1. The summed E-state index contributed by atoms with van der Waals surface area (Å²) < 4.78 is 15.9. The van der Waals surface area contributed by atoms with E-state index >= 15 is 0 Å². The van der Waals surface area contributed by atoms with Crippen LogP contribution in [0.2, 0.25) is 0 Å². The van der Waals surface area contributed by atoms with Crippen molar-refractivity contribution in [1.82, 2.24) is 5.32 Å². The van der Waals surface area contributed by atoms with Gasteiger partial charge in [-0.3, -0.25) is 4.79 Å². The molecule has 2 rings (SSSR count). The summed E-state index contributed by atoms with van der Waals surface area (Å²) >= 11 is 1.50. The van der Waals surface area contributed by atoms with E-state index in [1.165, 1.54) is 11.8 Å². The summed E-state index contributed by atoms with van der Waals surface area (Å²) in [7, 11) is 1.68. The first-order valence-corrected chi connectivity index (χ1v) is 8.95. The van der Waals surface area contributed by atoms with Crippen LogP contribution in [0.1, 0.15) is 25.0 Å². The van der Waals surface area contributed by atoms with Gasteiger partial charge in [0.1, 0.15) is 11.5 Å². The number of esters is 1. The average Bonchev–Trinajstić information content (AvgIpc) is 2.57. The molecule has 0 bridgehead atoms. The third kappa shape index (κ3) is 5.32. The van der Waals surface area contributed by atoms with E-state index in [9.17, 15) is 4.79 Å². The molecule has 1 aromatic rings. The van der Waals surface area contributed by atoms with E-state index in [0.717, 1.165) is 28.3 Å². The topological polar surface area (TPSA) is 56.8 Å². The van der Waals surface area contributed by atoms with Crippen molar-refractivity contribution in [1.29, 1.82) is 0 Å². The Bertz CT molecular complexity index is 622. The molecule has 24 heavy (non-hydrogen) atoms. The zero-order valence-electron chi connectivity index (χ0n) is 14.3. The second-order valence-corrected chi connectivity index (χ2v) is 6.20. The summed E-state index contributed by atoms with van der Waals surface area (Å²) in [6.07, 6.45) is 1.85. The number of rotatable bonds is 8. The highest BCUT2D eigenvalue weighted by Crippen LogP contribution is 2.25. The molecular formula is C18H23NO4S. The Morgan fingerprint density at radius 3 is 2.67 bits per heavy atom. The van der Waals surface area contributed by atoms with Gasteiger partial charge in [0.25, 0.3) is 0 Å². The Hall–Kier alpha value is -1.92. The molecule has 0 aliphatic carbocycles. The summed E-state index contributed by atoms with van der Waals surface area (Å²) in [4.78, 5) is 11.3. The maximum absolute atomic E-state index is 11.3. The maximum Gasteiger partial charge on any atom is 0.315 e. The van der Waals surface area contributed by atoms with Crippen LogP contribution >= 0.6 is 11.8 Å². The molecule has 5 nitrogen and oxygen atoms in total. The number of carbonyl (C=O) groups is 1. The molecule has 1 heterocycles. The largest absolute Gasteiger partial charge is 0.465 e. The molecule has 0 fully saturated rings. The fourth-order valence-corrected chi connectivity index (χ4v) is 3.01. The number of carbonyl (C=O) groups excluding carboxylic acids is 1. The molecule has 0 radical (unpaired) electrons. The van der Waals surface area contributed by atoms with Crippen LogP contribution in [0.3, 0.4) is 0 Å². The Labute approximate surface area is 147 Å². The van der Waals surface area contributed by atoms with Crippen molar-refractivity contribution >= 4 is 23.5 Å². The van der Waals surface area contributed by atoms with E-state index < -0.39 is 0 Å². The summed E-state index contributed by atoms with van der Waals surface area (Å²) in [5, 5.41) is 3.26. The molecule has 1 aliphatic rings. The van der Waals surface area contributed by atoms with E-state index in [-0.39, 0.29) is 5.97 Å². The van der Waals surface area contributed by atoms with Crippen molar-refractivity contribution < 1.29 is 19.0 Å². The SMILES string of the molecule is CCOC(=O)CSCC1=C(C)OC(c2ccc(COC)cc2)=CN1. The number of thioether (sulfide) groups is 1. The highest BCUT2D eigenvalue weighted by molar-refractivity contribution is 8.00. The van der Waals surface area contributed by atoms with E-state index in [4.69, 9.17) is 14.2 Å². The van der Waals surface area contributed by atoms with Gasteiger partial charge in [-0.1, -0.05) is 24.3 Å². The fourth-order valence-electron chi connectivity index (χ4n) is 2.17. The minimum absolute atomic E-state index is 0.190. The first-order valence-electron chi connectivity index (χ1n) is 7.80. The standard InChI is InChI=1S/C18H23NO4S/c1-4-22-18(20)12-24-11-16-13(2)23-17(9-19-16)15-7-5-14(6-8-15)10-21-3/h5-9,19H,4,10-12H2,1-3H3. The maximum atomic E-state index is 11.3. The molecule has 6 heteroatoms. The number of nitrogens with one attached hydrogen (secondary N) is 1. The lowest BCUT2D eigenvalue weighted by Gasteiger charge is -2.21. The predicted octanol–water partition coefficient (Wildman–Crippen LogP) is 3.28. The van der Waals surface area contributed by atoms with Crippen molar-refractivity contribution in [3.05, 3.63) is 53.0 Å². The van der Waals surface area contributed by atoms with E-state index in [0.29, 0.717) is 24.7 Å². The molecular weight excluding hydrogens is 326 g/mol. The number of hydrogen-bond donors (Lipinski definition) is 1. The molecule has 0 spiro atoms. The van der Waals surface area contributed by atoms with Gasteiger partial charge in [-0.2, -0.15) is 0 Å². The average molecular weight is 349 g/mol. The molecule has 0 unspecified atom stereocenters. The van der Waals surface area contributed by atoms with Crippen molar-refractivity contribution in [2.75, 3.05) is 25.2 Å². The quantitative estimate of drug-likeness (QED) is 0.727. The Morgan fingerprint density at radius 2 is 2.04 bits per heavy atom. The van der Waals surface area contributed by atoms with Crippen LogP contribution in [0.4, 0.5) is 0 Å². The molecule has 0 aromatic heterocycles. The fraction of sp³-hybridized carbons (Fsp3) is 0.389. The van der Waals surface area contributed by atoms with Gasteiger partial charge < -0.3 is 19.5 Å². The van der Waals surface area contributed by atoms with Gasteiger partial charge in [-0.25, -0.2) is 0 Å². The van der Waals surface area contributed by atoms with Crippen LogP contribution in [0, 0.1) is 0 Å². The van der Waals surface area contributed by atoms with Crippen LogP contribution in [0.15, 0.2) is 41.9 Å². The molecule has 1 N–H and O–H groups in total. The van der Waals surface area contributed by atoms with Gasteiger partial charge in [0.05, 0.1) is 24.7 Å². The number of hydrogen-bond acceptors (Lipinski definition) is 6. The lowest BCUT2D eigenvalue weighted by Crippen LogP contribution is -2.18. The number of methoxy groups -OCH3 is 1. The molecule has 1 aromatic carbocycles. The molecule has 0 amide bonds. The minimum atomic E-state index is -0.190. The van der Waals surface area contributed by atoms with E-state index in [1.807, 2.05) is 37.4 Å². The second-order valence-electron chi connectivity index (χ2n) is 5.22.